The molecule has 4 nitrogen and oxygen atoms in total. The monoisotopic (exact) mass is 348 g/mol. The van der Waals surface area contributed by atoms with E-state index in [1.807, 2.05) is 11.4 Å². The van der Waals surface area contributed by atoms with Gasteiger partial charge in [-0.05, 0) is 42.5 Å². The van der Waals surface area contributed by atoms with Gasteiger partial charge in [-0.25, -0.2) is 0 Å². The van der Waals surface area contributed by atoms with Crippen LogP contribution in [0.15, 0.2) is 35.7 Å². The lowest BCUT2D eigenvalue weighted by atomic mass is 10.1. The van der Waals surface area contributed by atoms with Gasteiger partial charge in [-0.1, -0.05) is 30.5 Å². The summed E-state index contributed by atoms with van der Waals surface area (Å²) in [5.41, 5.74) is 0.873. The number of halogens is 1. The van der Waals surface area contributed by atoms with Gasteiger partial charge in [-0.2, -0.15) is 0 Å². The second-order valence-corrected chi connectivity index (χ2v) is 6.96. The zero-order valence-electron chi connectivity index (χ0n) is 12.5. The van der Waals surface area contributed by atoms with Gasteiger partial charge in [-0.15, -0.1) is 11.3 Å². The maximum Gasteiger partial charge on any atom is 0.265 e. The Morgan fingerprint density at radius 2 is 1.91 bits per heavy atom. The van der Waals surface area contributed by atoms with Crippen molar-refractivity contribution in [2.45, 2.75) is 31.7 Å². The first-order valence-electron chi connectivity index (χ1n) is 7.59. The van der Waals surface area contributed by atoms with E-state index in [0.717, 1.165) is 25.7 Å². The van der Waals surface area contributed by atoms with Gasteiger partial charge >= 0.3 is 0 Å². The molecule has 1 heterocycles. The van der Waals surface area contributed by atoms with Gasteiger partial charge in [0.25, 0.3) is 11.8 Å². The van der Waals surface area contributed by atoms with E-state index in [1.165, 1.54) is 11.3 Å². The van der Waals surface area contributed by atoms with Crippen molar-refractivity contribution < 1.29 is 9.59 Å². The van der Waals surface area contributed by atoms with Crippen molar-refractivity contribution >= 4 is 40.4 Å². The number of anilines is 1. The number of amides is 2. The quantitative estimate of drug-likeness (QED) is 0.864. The number of carbonyl (C=O) groups is 2. The Morgan fingerprint density at radius 1 is 1.13 bits per heavy atom. The Kier molecular flexibility index (Phi) is 4.98. The van der Waals surface area contributed by atoms with Gasteiger partial charge in [-0.3, -0.25) is 9.59 Å². The summed E-state index contributed by atoms with van der Waals surface area (Å²) >= 11 is 7.37. The van der Waals surface area contributed by atoms with Crippen LogP contribution in [0.4, 0.5) is 5.69 Å². The second kappa shape index (κ2) is 7.15. The summed E-state index contributed by atoms with van der Waals surface area (Å²) in [5.74, 6) is -0.410. The molecule has 0 bridgehead atoms. The molecule has 120 valence electrons. The van der Waals surface area contributed by atoms with Crippen LogP contribution in [-0.4, -0.2) is 17.9 Å². The summed E-state index contributed by atoms with van der Waals surface area (Å²) in [6.45, 7) is 0. The van der Waals surface area contributed by atoms with Gasteiger partial charge in [0.05, 0.1) is 16.1 Å². The Balaban J connectivity index is 1.79. The van der Waals surface area contributed by atoms with E-state index in [-0.39, 0.29) is 17.9 Å². The molecule has 1 aromatic carbocycles. The molecule has 0 aliphatic heterocycles. The molecule has 0 saturated heterocycles. The molecular formula is C17H17ClN2O2S. The minimum absolute atomic E-state index is 0.171. The Hall–Kier alpha value is -1.85. The van der Waals surface area contributed by atoms with E-state index >= 15 is 0 Å². The molecule has 0 unspecified atom stereocenters. The van der Waals surface area contributed by atoms with E-state index < -0.39 is 0 Å². The van der Waals surface area contributed by atoms with Gasteiger partial charge in [0.1, 0.15) is 0 Å². The fraction of sp³-hybridized carbons (Fsp3) is 0.294. The average Bonchev–Trinajstić information content (AvgIpc) is 3.20. The van der Waals surface area contributed by atoms with E-state index in [1.54, 1.807) is 24.3 Å². The molecule has 0 spiro atoms. The number of hydrogen-bond acceptors (Lipinski definition) is 3. The number of hydrogen-bond donors (Lipinski definition) is 2. The fourth-order valence-electron chi connectivity index (χ4n) is 2.74. The molecule has 2 amide bonds. The largest absolute Gasteiger partial charge is 0.349 e. The van der Waals surface area contributed by atoms with Crippen LogP contribution < -0.4 is 10.6 Å². The summed E-state index contributed by atoms with van der Waals surface area (Å²) in [6, 6.07) is 8.69. The second-order valence-electron chi connectivity index (χ2n) is 5.58. The summed E-state index contributed by atoms with van der Waals surface area (Å²) < 4.78 is 0. The van der Waals surface area contributed by atoms with Crippen LogP contribution in [0.2, 0.25) is 5.02 Å². The fourth-order valence-corrected chi connectivity index (χ4v) is 3.53. The van der Waals surface area contributed by atoms with Gasteiger partial charge < -0.3 is 10.6 Å². The van der Waals surface area contributed by atoms with Crippen molar-refractivity contribution in [3.8, 4) is 0 Å². The zero-order valence-corrected chi connectivity index (χ0v) is 14.0. The third kappa shape index (κ3) is 3.92. The molecule has 1 saturated carbocycles. The van der Waals surface area contributed by atoms with Crippen molar-refractivity contribution in [1.29, 1.82) is 0 Å². The predicted octanol–water partition coefficient (Wildman–Crippen LogP) is 4.33. The van der Waals surface area contributed by atoms with E-state index in [0.29, 0.717) is 21.2 Å². The smallest absolute Gasteiger partial charge is 0.265 e. The molecule has 0 radical (unpaired) electrons. The number of thiophene rings is 1. The first-order chi connectivity index (χ1) is 11.1. The topological polar surface area (TPSA) is 58.2 Å². The van der Waals surface area contributed by atoms with Crippen molar-refractivity contribution in [1.82, 2.24) is 5.32 Å². The van der Waals surface area contributed by atoms with Crippen LogP contribution in [0, 0.1) is 0 Å². The van der Waals surface area contributed by atoms with Crippen molar-refractivity contribution in [3.05, 3.63) is 51.2 Å². The van der Waals surface area contributed by atoms with E-state index in [2.05, 4.69) is 10.6 Å². The minimum Gasteiger partial charge on any atom is -0.349 e. The number of benzene rings is 1. The molecule has 2 N–H and O–H groups in total. The minimum atomic E-state index is -0.239. The lowest BCUT2D eigenvalue weighted by Crippen LogP contribution is -2.33. The molecule has 6 heteroatoms. The van der Waals surface area contributed by atoms with Crippen LogP contribution in [0.5, 0.6) is 0 Å². The lowest BCUT2D eigenvalue weighted by molar-refractivity contribution is 0.0939. The number of nitrogens with one attached hydrogen (secondary N) is 2. The number of carbonyl (C=O) groups excluding carboxylic acids is 2. The first-order valence-corrected chi connectivity index (χ1v) is 8.84. The maximum atomic E-state index is 12.5. The summed E-state index contributed by atoms with van der Waals surface area (Å²) in [5, 5.41) is 8.13. The van der Waals surface area contributed by atoms with Crippen molar-refractivity contribution in [2.75, 3.05) is 5.32 Å². The molecule has 3 rings (SSSR count). The Morgan fingerprint density at radius 3 is 2.61 bits per heavy atom. The SMILES string of the molecule is O=C(Nc1cc(Cl)ccc1C(=O)NC1CCCC1)c1cccs1. The van der Waals surface area contributed by atoms with Crippen LogP contribution >= 0.6 is 22.9 Å². The average molecular weight is 349 g/mol. The number of rotatable bonds is 4. The van der Waals surface area contributed by atoms with Crippen LogP contribution in [0.1, 0.15) is 45.7 Å². The Bertz CT molecular complexity index is 709. The molecule has 1 aliphatic rings. The van der Waals surface area contributed by atoms with Crippen molar-refractivity contribution in [2.24, 2.45) is 0 Å². The molecule has 1 aromatic heterocycles. The maximum absolute atomic E-state index is 12.5. The van der Waals surface area contributed by atoms with Crippen LogP contribution in [0.25, 0.3) is 0 Å². The van der Waals surface area contributed by atoms with Crippen LogP contribution in [0.3, 0.4) is 0 Å². The first kappa shape index (κ1) is 16.0. The summed E-state index contributed by atoms with van der Waals surface area (Å²) in [7, 11) is 0. The van der Waals surface area contributed by atoms with Crippen molar-refractivity contribution in [3.63, 3.8) is 0 Å². The van der Waals surface area contributed by atoms with Gasteiger partial charge in [0.2, 0.25) is 0 Å². The zero-order chi connectivity index (χ0) is 16.2. The summed E-state index contributed by atoms with van der Waals surface area (Å²) in [6.07, 6.45) is 4.31. The highest BCUT2D eigenvalue weighted by Crippen LogP contribution is 2.24. The molecule has 2 aromatic rings. The highest BCUT2D eigenvalue weighted by Gasteiger charge is 2.20. The molecule has 0 atom stereocenters. The third-order valence-corrected chi connectivity index (χ3v) is 5.01. The predicted molar refractivity (Wildman–Crippen MR) is 93.4 cm³/mol. The summed E-state index contributed by atoms with van der Waals surface area (Å²) in [4.78, 5) is 25.3. The molecular weight excluding hydrogens is 332 g/mol. The highest BCUT2D eigenvalue weighted by molar-refractivity contribution is 7.12. The van der Waals surface area contributed by atoms with E-state index in [9.17, 15) is 9.59 Å². The highest BCUT2D eigenvalue weighted by atomic mass is 35.5. The molecule has 1 fully saturated rings. The molecule has 23 heavy (non-hydrogen) atoms. The van der Waals surface area contributed by atoms with Gasteiger partial charge in [0.15, 0.2) is 0 Å². The molecule has 1 aliphatic carbocycles. The van der Waals surface area contributed by atoms with E-state index in [4.69, 9.17) is 11.6 Å². The standard InChI is InChI=1S/C17H17ClN2O2S/c18-11-7-8-13(16(21)19-12-4-1-2-5-12)14(10-11)20-17(22)15-6-3-9-23-15/h3,6-10,12H,1-2,4-5H2,(H,19,21)(H,20,22). The van der Waals surface area contributed by atoms with Crippen LogP contribution in [-0.2, 0) is 0 Å². The Labute approximate surface area is 143 Å². The third-order valence-electron chi connectivity index (χ3n) is 3.91. The normalized spacial score (nSPS) is 14.7. The lowest BCUT2D eigenvalue weighted by Gasteiger charge is -2.15. The van der Waals surface area contributed by atoms with Gasteiger partial charge in [0, 0.05) is 11.1 Å².